The van der Waals surface area contributed by atoms with Gasteiger partial charge >= 0.3 is 0 Å². The molecule has 0 bridgehead atoms. The van der Waals surface area contributed by atoms with Crippen molar-refractivity contribution in [3.8, 4) is 17.4 Å². The van der Waals surface area contributed by atoms with Gasteiger partial charge in [-0.2, -0.15) is 5.26 Å². The van der Waals surface area contributed by atoms with Gasteiger partial charge in [-0.05, 0) is 24.3 Å². The van der Waals surface area contributed by atoms with Gasteiger partial charge in [0.05, 0.1) is 12.3 Å². The van der Waals surface area contributed by atoms with E-state index in [1.807, 2.05) is 0 Å². The van der Waals surface area contributed by atoms with Crippen LogP contribution in [-0.4, -0.2) is 10.7 Å². The van der Waals surface area contributed by atoms with E-state index in [1.54, 1.807) is 18.3 Å². The van der Waals surface area contributed by atoms with Gasteiger partial charge in [0, 0.05) is 17.7 Å². The summed E-state index contributed by atoms with van der Waals surface area (Å²) in [5.41, 5.74) is 0.783. The maximum atomic E-state index is 12.7. The highest BCUT2D eigenvalue weighted by atomic mass is 32.2. The smallest absolute Gasteiger partial charge is 0.256 e. The van der Waals surface area contributed by atoms with Crippen LogP contribution < -0.4 is 0 Å². The van der Waals surface area contributed by atoms with Crippen molar-refractivity contribution in [2.24, 2.45) is 0 Å². The largest absolute Gasteiger partial charge is 0.431 e. The van der Waals surface area contributed by atoms with Crippen molar-refractivity contribution in [2.75, 3.05) is 5.75 Å². The van der Waals surface area contributed by atoms with Gasteiger partial charge in [0.1, 0.15) is 5.82 Å². The van der Waals surface area contributed by atoms with Gasteiger partial charge in [-0.15, -0.1) is 0 Å². The van der Waals surface area contributed by atoms with Crippen molar-refractivity contribution in [1.29, 1.82) is 5.26 Å². The predicted molar refractivity (Wildman–Crippen MR) is 62.9 cm³/mol. The quantitative estimate of drug-likeness (QED) is 0.614. The lowest BCUT2D eigenvalue weighted by Crippen LogP contribution is -1.76. The Morgan fingerprint density at radius 3 is 2.82 bits per heavy atom. The van der Waals surface area contributed by atoms with Crippen molar-refractivity contribution in [3.05, 3.63) is 36.3 Å². The Balaban J connectivity index is 2.08. The molecule has 2 aromatic rings. The van der Waals surface area contributed by atoms with E-state index in [1.165, 1.54) is 23.9 Å². The molecule has 1 aromatic heterocycles. The first-order chi connectivity index (χ1) is 8.29. The van der Waals surface area contributed by atoms with E-state index >= 15 is 0 Å². The third kappa shape index (κ3) is 3.08. The van der Waals surface area contributed by atoms with Gasteiger partial charge in [0.15, 0.2) is 5.76 Å². The number of oxazole rings is 1. The van der Waals surface area contributed by atoms with E-state index in [2.05, 4.69) is 11.1 Å². The van der Waals surface area contributed by atoms with Gasteiger partial charge in [0.25, 0.3) is 5.22 Å². The van der Waals surface area contributed by atoms with E-state index in [0.717, 1.165) is 5.56 Å². The molecule has 0 saturated carbocycles. The second-order valence-electron chi connectivity index (χ2n) is 3.25. The number of hydrogen-bond acceptors (Lipinski definition) is 4. The molecule has 5 heteroatoms. The highest BCUT2D eigenvalue weighted by Crippen LogP contribution is 2.25. The van der Waals surface area contributed by atoms with E-state index in [9.17, 15) is 4.39 Å². The number of halogens is 1. The van der Waals surface area contributed by atoms with Gasteiger partial charge in [-0.3, -0.25) is 0 Å². The number of nitriles is 1. The molecule has 0 aliphatic carbocycles. The summed E-state index contributed by atoms with van der Waals surface area (Å²) in [5.74, 6) is 0.973. The zero-order valence-corrected chi connectivity index (χ0v) is 9.71. The maximum absolute atomic E-state index is 12.7. The summed E-state index contributed by atoms with van der Waals surface area (Å²) in [5, 5.41) is 8.93. The van der Waals surface area contributed by atoms with Crippen LogP contribution in [0.2, 0.25) is 0 Å². The Morgan fingerprint density at radius 2 is 2.12 bits per heavy atom. The summed E-state index contributed by atoms with van der Waals surface area (Å²) in [4.78, 5) is 4.08. The van der Waals surface area contributed by atoms with Gasteiger partial charge in [0.2, 0.25) is 0 Å². The Bertz CT molecular complexity index is 530. The molecule has 17 heavy (non-hydrogen) atoms. The minimum atomic E-state index is -0.281. The number of thioether (sulfide) groups is 1. The predicted octanol–water partition coefficient (Wildman–Crippen LogP) is 3.49. The molecule has 1 heterocycles. The topological polar surface area (TPSA) is 49.8 Å². The maximum Gasteiger partial charge on any atom is 0.256 e. The average molecular weight is 248 g/mol. The highest BCUT2D eigenvalue weighted by molar-refractivity contribution is 7.99. The molecular weight excluding hydrogens is 239 g/mol. The zero-order chi connectivity index (χ0) is 12.1. The lowest BCUT2D eigenvalue weighted by Gasteiger charge is -1.95. The van der Waals surface area contributed by atoms with Crippen molar-refractivity contribution in [3.63, 3.8) is 0 Å². The normalized spacial score (nSPS) is 10.1. The third-order valence-corrected chi connectivity index (χ3v) is 2.90. The average Bonchev–Trinajstić information content (AvgIpc) is 2.79. The van der Waals surface area contributed by atoms with Crippen LogP contribution in [0.1, 0.15) is 6.42 Å². The fourth-order valence-electron chi connectivity index (χ4n) is 1.26. The summed E-state index contributed by atoms with van der Waals surface area (Å²) in [7, 11) is 0. The summed E-state index contributed by atoms with van der Waals surface area (Å²) in [6.07, 6.45) is 2.06. The fraction of sp³-hybridized carbons (Fsp3) is 0.167. The van der Waals surface area contributed by atoms with E-state index in [4.69, 9.17) is 9.68 Å². The summed E-state index contributed by atoms with van der Waals surface area (Å²) < 4.78 is 18.2. The molecule has 0 unspecified atom stereocenters. The Labute approximate surface area is 102 Å². The standard InChI is InChI=1S/C12H9FN2OS/c13-10-4-2-9(3-5-10)11-8-15-12(16-11)17-7-1-6-14/h2-5,8H,1,7H2. The van der Waals surface area contributed by atoms with Crippen molar-refractivity contribution < 1.29 is 8.81 Å². The number of rotatable bonds is 4. The van der Waals surface area contributed by atoms with Crippen LogP contribution in [0.5, 0.6) is 0 Å². The van der Waals surface area contributed by atoms with E-state index < -0.39 is 0 Å². The van der Waals surface area contributed by atoms with E-state index in [0.29, 0.717) is 23.2 Å². The summed E-state index contributed by atoms with van der Waals surface area (Å²) in [6.45, 7) is 0. The van der Waals surface area contributed by atoms with Crippen LogP contribution in [0.3, 0.4) is 0 Å². The molecule has 0 spiro atoms. The molecule has 3 nitrogen and oxygen atoms in total. The van der Waals surface area contributed by atoms with Gasteiger partial charge < -0.3 is 4.42 Å². The summed E-state index contributed by atoms with van der Waals surface area (Å²) in [6, 6.07) is 8.08. The molecule has 2 rings (SSSR count). The molecular formula is C12H9FN2OS. The minimum absolute atomic E-state index is 0.281. The minimum Gasteiger partial charge on any atom is -0.431 e. The highest BCUT2D eigenvalue weighted by Gasteiger charge is 2.06. The molecule has 0 saturated heterocycles. The molecule has 0 amide bonds. The molecule has 0 aliphatic rings. The lowest BCUT2D eigenvalue weighted by atomic mass is 10.2. The SMILES string of the molecule is N#CCCSc1ncc(-c2ccc(F)cc2)o1. The first-order valence-corrected chi connectivity index (χ1v) is 5.99. The number of benzene rings is 1. The van der Waals surface area contributed by atoms with Crippen LogP contribution in [0.15, 0.2) is 40.1 Å². The Hall–Kier alpha value is -1.80. The Morgan fingerprint density at radius 1 is 1.35 bits per heavy atom. The van der Waals surface area contributed by atoms with Gasteiger partial charge in [-0.25, -0.2) is 9.37 Å². The Kier molecular flexibility index (Phi) is 3.78. The van der Waals surface area contributed by atoms with Crippen molar-refractivity contribution >= 4 is 11.8 Å². The molecule has 0 fully saturated rings. The van der Waals surface area contributed by atoms with Crippen LogP contribution in [0.25, 0.3) is 11.3 Å². The molecule has 0 aliphatic heterocycles. The molecule has 0 atom stereocenters. The third-order valence-electron chi connectivity index (χ3n) is 2.05. The van der Waals surface area contributed by atoms with Crippen molar-refractivity contribution in [2.45, 2.75) is 11.6 Å². The second-order valence-corrected chi connectivity index (χ2v) is 4.30. The fourth-order valence-corrected chi connectivity index (χ4v) is 1.90. The zero-order valence-electron chi connectivity index (χ0n) is 8.89. The van der Waals surface area contributed by atoms with Crippen molar-refractivity contribution in [1.82, 2.24) is 4.98 Å². The van der Waals surface area contributed by atoms with Crippen LogP contribution >= 0.6 is 11.8 Å². The lowest BCUT2D eigenvalue weighted by molar-refractivity contribution is 0.466. The number of aromatic nitrogens is 1. The summed E-state index contributed by atoms with van der Waals surface area (Å²) >= 11 is 1.39. The molecule has 0 N–H and O–H groups in total. The monoisotopic (exact) mass is 248 g/mol. The second kappa shape index (κ2) is 5.51. The van der Waals surface area contributed by atoms with Crippen LogP contribution in [0.4, 0.5) is 4.39 Å². The van der Waals surface area contributed by atoms with Gasteiger partial charge in [-0.1, -0.05) is 11.8 Å². The van der Waals surface area contributed by atoms with Crippen LogP contribution in [0, 0.1) is 17.1 Å². The molecule has 0 radical (unpaired) electrons. The molecule has 86 valence electrons. The first kappa shape index (κ1) is 11.7. The molecule has 1 aromatic carbocycles. The number of hydrogen-bond donors (Lipinski definition) is 0. The van der Waals surface area contributed by atoms with Crippen LogP contribution in [-0.2, 0) is 0 Å². The number of nitrogens with zero attached hydrogens (tertiary/aromatic N) is 2. The first-order valence-electron chi connectivity index (χ1n) is 5.01. The van der Waals surface area contributed by atoms with E-state index in [-0.39, 0.29) is 5.82 Å².